The number of benzene rings is 1. The minimum Gasteiger partial charge on any atom is -0.237 e. The maximum atomic E-state index is 12.5. The number of hydrogen-bond donors (Lipinski definition) is 0. The predicted octanol–water partition coefficient (Wildman–Crippen LogP) is 2.71. The summed E-state index contributed by atoms with van der Waals surface area (Å²) in [5, 5.41) is 0. The van der Waals surface area contributed by atoms with E-state index in [-0.39, 0.29) is 0 Å². The van der Waals surface area contributed by atoms with Crippen molar-refractivity contribution >= 4 is 11.8 Å². The van der Waals surface area contributed by atoms with Gasteiger partial charge in [-0.25, -0.2) is 14.4 Å². The molecular formula is C11H8FN2S. The van der Waals surface area contributed by atoms with Gasteiger partial charge in [-0.2, -0.15) is 0 Å². The monoisotopic (exact) mass is 219 g/mol. The molecule has 0 aliphatic carbocycles. The van der Waals surface area contributed by atoms with Crippen molar-refractivity contribution in [3.05, 3.63) is 54.4 Å². The van der Waals surface area contributed by atoms with Gasteiger partial charge in [0.25, 0.3) is 0 Å². The second-order valence-electron chi connectivity index (χ2n) is 2.85. The van der Waals surface area contributed by atoms with Crippen LogP contribution in [0.15, 0.2) is 41.6 Å². The number of hydrogen-bond acceptors (Lipinski definition) is 3. The standard InChI is InChI=1S/C11H8FN2S/c12-9-6-13-11(14-7-9)8-15-10-4-2-1-3-5-10/h1-2,4-7H,8H2. The van der Waals surface area contributed by atoms with Crippen molar-refractivity contribution < 1.29 is 4.39 Å². The molecule has 0 spiro atoms. The Labute approximate surface area is 91.6 Å². The zero-order valence-electron chi connectivity index (χ0n) is 7.85. The van der Waals surface area contributed by atoms with Crippen LogP contribution in [0.25, 0.3) is 0 Å². The van der Waals surface area contributed by atoms with E-state index in [1.165, 1.54) is 12.4 Å². The van der Waals surface area contributed by atoms with Gasteiger partial charge in [0.15, 0.2) is 5.82 Å². The molecule has 0 unspecified atom stereocenters. The smallest absolute Gasteiger partial charge is 0.159 e. The topological polar surface area (TPSA) is 25.8 Å². The van der Waals surface area contributed by atoms with Crippen molar-refractivity contribution in [3.63, 3.8) is 0 Å². The Hall–Kier alpha value is -1.42. The zero-order chi connectivity index (χ0) is 10.5. The van der Waals surface area contributed by atoms with Crippen LogP contribution >= 0.6 is 11.8 Å². The molecule has 2 aromatic rings. The van der Waals surface area contributed by atoms with Gasteiger partial charge in [0.2, 0.25) is 0 Å². The molecule has 1 heterocycles. The highest BCUT2D eigenvalue weighted by Crippen LogP contribution is 2.19. The van der Waals surface area contributed by atoms with Crippen molar-refractivity contribution in [2.45, 2.75) is 10.6 Å². The molecule has 0 fully saturated rings. The first-order valence-corrected chi connectivity index (χ1v) is 5.38. The van der Waals surface area contributed by atoms with Crippen molar-refractivity contribution in [2.24, 2.45) is 0 Å². The Balaban J connectivity index is 1.96. The highest BCUT2D eigenvalue weighted by molar-refractivity contribution is 7.98. The van der Waals surface area contributed by atoms with Crippen molar-refractivity contribution in [1.82, 2.24) is 9.97 Å². The summed E-state index contributed by atoms with van der Waals surface area (Å²) in [6.07, 6.45) is 2.36. The third-order valence-electron chi connectivity index (χ3n) is 1.72. The molecule has 0 saturated heterocycles. The Bertz CT molecular complexity index is 416. The molecule has 0 atom stereocenters. The maximum absolute atomic E-state index is 12.5. The van der Waals surface area contributed by atoms with Crippen LogP contribution in [0, 0.1) is 11.9 Å². The third kappa shape index (κ3) is 3.02. The van der Waals surface area contributed by atoms with Crippen LogP contribution in [0.4, 0.5) is 4.39 Å². The lowest BCUT2D eigenvalue weighted by molar-refractivity contribution is 0.610. The molecule has 0 aliphatic heterocycles. The molecule has 0 N–H and O–H groups in total. The molecule has 15 heavy (non-hydrogen) atoms. The quantitative estimate of drug-likeness (QED) is 0.742. The molecule has 1 aromatic heterocycles. The summed E-state index contributed by atoms with van der Waals surface area (Å²) < 4.78 is 12.5. The van der Waals surface area contributed by atoms with Crippen LogP contribution in [0.3, 0.4) is 0 Å². The molecule has 2 nitrogen and oxygen atoms in total. The van der Waals surface area contributed by atoms with Crippen LogP contribution in [-0.4, -0.2) is 9.97 Å². The van der Waals surface area contributed by atoms with Crippen molar-refractivity contribution in [1.29, 1.82) is 0 Å². The summed E-state index contributed by atoms with van der Waals surface area (Å²) in [4.78, 5) is 8.85. The first-order valence-electron chi connectivity index (χ1n) is 4.40. The molecule has 1 aromatic carbocycles. The molecule has 0 bridgehead atoms. The van der Waals surface area contributed by atoms with Crippen LogP contribution in [0.2, 0.25) is 0 Å². The third-order valence-corrected chi connectivity index (χ3v) is 2.71. The van der Waals surface area contributed by atoms with Gasteiger partial charge < -0.3 is 0 Å². The van der Waals surface area contributed by atoms with Gasteiger partial charge in [-0.05, 0) is 18.2 Å². The lowest BCUT2D eigenvalue weighted by Gasteiger charge is -1.99. The number of aromatic nitrogens is 2. The Kier molecular flexibility index (Phi) is 3.29. The lowest BCUT2D eigenvalue weighted by atomic mass is 10.4. The normalized spacial score (nSPS) is 10.2. The van der Waals surface area contributed by atoms with Crippen LogP contribution < -0.4 is 0 Å². The van der Waals surface area contributed by atoms with Crippen molar-refractivity contribution in [2.75, 3.05) is 0 Å². The first kappa shape index (κ1) is 10.1. The largest absolute Gasteiger partial charge is 0.237 e. The molecule has 2 rings (SSSR count). The van der Waals surface area contributed by atoms with Gasteiger partial charge in [-0.3, -0.25) is 0 Å². The summed E-state index contributed by atoms with van der Waals surface area (Å²) in [6.45, 7) is 0. The predicted molar refractivity (Wildman–Crippen MR) is 56.8 cm³/mol. The summed E-state index contributed by atoms with van der Waals surface area (Å²) in [6, 6.07) is 10.6. The minimum absolute atomic E-state index is 0.406. The van der Waals surface area contributed by atoms with E-state index >= 15 is 0 Å². The Morgan fingerprint density at radius 1 is 1.33 bits per heavy atom. The molecule has 1 radical (unpaired) electrons. The van der Waals surface area contributed by atoms with E-state index in [9.17, 15) is 4.39 Å². The zero-order valence-corrected chi connectivity index (χ0v) is 8.67. The second-order valence-corrected chi connectivity index (χ2v) is 3.89. The van der Waals surface area contributed by atoms with E-state index in [1.54, 1.807) is 11.8 Å². The molecule has 0 aliphatic rings. The number of nitrogens with zero attached hydrogens (tertiary/aromatic N) is 2. The molecule has 0 amide bonds. The Morgan fingerprint density at radius 2 is 2.13 bits per heavy atom. The first-order chi connectivity index (χ1) is 7.34. The van der Waals surface area contributed by atoms with Crippen LogP contribution in [-0.2, 0) is 5.75 Å². The van der Waals surface area contributed by atoms with E-state index in [0.29, 0.717) is 11.6 Å². The average Bonchev–Trinajstić information content (AvgIpc) is 2.30. The minimum atomic E-state index is -0.406. The molecule has 0 saturated carbocycles. The summed E-state index contributed by atoms with van der Waals surface area (Å²) in [5.41, 5.74) is 0. The van der Waals surface area contributed by atoms with E-state index in [1.807, 2.05) is 24.3 Å². The van der Waals surface area contributed by atoms with Gasteiger partial charge in [-0.1, -0.05) is 12.1 Å². The maximum Gasteiger partial charge on any atom is 0.159 e. The van der Waals surface area contributed by atoms with Crippen LogP contribution in [0.5, 0.6) is 0 Å². The fourth-order valence-corrected chi connectivity index (χ4v) is 1.80. The number of thioether (sulfide) groups is 1. The summed E-state index contributed by atoms with van der Waals surface area (Å²) in [5.74, 6) is 0.861. The van der Waals surface area contributed by atoms with Crippen LogP contribution in [0.1, 0.15) is 5.82 Å². The summed E-state index contributed by atoms with van der Waals surface area (Å²) in [7, 11) is 0. The fraction of sp³-hybridized carbons (Fsp3) is 0.0909. The van der Waals surface area contributed by atoms with Gasteiger partial charge in [-0.15, -0.1) is 11.8 Å². The van der Waals surface area contributed by atoms with Crippen molar-refractivity contribution in [3.8, 4) is 0 Å². The van der Waals surface area contributed by atoms with Gasteiger partial charge in [0.05, 0.1) is 18.1 Å². The molecule has 4 heteroatoms. The summed E-state index contributed by atoms with van der Waals surface area (Å²) >= 11 is 1.60. The van der Waals surface area contributed by atoms with Gasteiger partial charge in [0.1, 0.15) is 5.82 Å². The lowest BCUT2D eigenvalue weighted by Crippen LogP contribution is -1.92. The molecule has 75 valence electrons. The van der Waals surface area contributed by atoms with E-state index < -0.39 is 5.82 Å². The number of rotatable bonds is 3. The van der Waals surface area contributed by atoms with Gasteiger partial charge in [0, 0.05) is 4.90 Å². The fourth-order valence-electron chi connectivity index (χ4n) is 1.03. The Morgan fingerprint density at radius 3 is 2.80 bits per heavy atom. The van der Waals surface area contributed by atoms with E-state index in [4.69, 9.17) is 0 Å². The number of halogens is 1. The average molecular weight is 219 g/mol. The van der Waals surface area contributed by atoms with E-state index in [0.717, 1.165) is 4.90 Å². The highest BCUT2D eigenvalue weighted by atomic mass is 32.2. The SMILES string of the molecule is Fc1cnc(CSc2c[c]ccc2)nc1. The molecular weight excluding hydrogens is 211 g/mol. The van der Waals surface area contributed by atoms with Gasteiger partial charge >= 0.3 is 0 Å². The van der Waals surface area contributed by atoms with E-state index in [2.05, 4.69) is 16.0 Å². The second kappa shape index (κ2) is 4.89. The highest BCUT2D eigenvalue weighted by Gasteiger charge is 1.98.